The van der Waals surface area contributed by atoms with Gasteiger partial charge < -0.3 is 20.7 Å². The average molecular weight is 411 g/mol. The Hall–Kier alpha value is -2.07. The quantitative estimate of drug-likeness (QED) is 0.443. The van der Waals surface area contributed by atoms with Crippen LogP contribution in [-0.2, 0) is 4.74 Å². The summed E-state index contributed by atoms with van der Waals surface area (Å²) in [5.41, 5.74) is 8.20. The summed E-state index contributed by atoms with van der Waals surface area (Å²) in [5.74, 6) is 0.149. The molecular formula is C18H27ClN6O3. The molecule has 0 saturated carbocycles. The van der Waals surface area contributed by atoms with Crippen LogP contribution in [0.15, 0.2) is 18.2 Å². The molecule has 3 amide bonds. The molecule has 0 aromatic heterocycles. The zero-order chi connectivity index (χ0) is 20.3. The topological polar surface area (TPSA) is 116 Å². The molecule has 1 aromatic carbocycles. The van der Waals surface area contributed by atoms with Crippen molar-refractivity contribution >= 4 is 23.7 Å². The molecule has 28 heavy (non-hydrogen) atoms. The molecule has 0 spiro atoms. The SMILES string of the molecule is COC(=O)NC1NNC2CC(NC(=O)N[C@H](C)c3ccc(Cl)c(C)c3)NCC21. The predicted octanol–water partition coefficient (Wildman–Crippen LogP) is 1.10. The minimum atomic E-state index is -0.481. The highest BCUT2D eigenvalue weighted by atomic mass is 35.5. The van der Waals surface area contributed by atoms with Gasteiger partial charge in [0.05, 0.1) is 19.3 Å². The first-order chi connectivity index (χ1) is 13.4. The van der Waals surface area contributed by atoms with Crippen LogP contribution >= 0.6 is 11.6 Å². The van der Waals surface area contributed by atoms with E-state index in [0.29, 0.717) is 18.0 Å². The smallest absolute Gasteiger partial charge is 0.408 e. The van der Waals surface area contributed by atoms with Gasteiger partial charge in [-0.1, -0.05) is 23.7 Å². The van der Waals surface area contributed by atoms with E-state index in [2.05, 4.69) is 36.9 Å². The number of hydrogen-bond acceptors (Lipinski definition) is 6. The summed E-state index contributed by atoms with van der Waals surface area (Å²) in [6.07, 6.45) is -0.204. The second-order valence-electron chi connectivity index (χ2n) is 7.22. The van der Waals surface area contributed by atoms with Crippen LogP contribution in [0, 0.1) is 12.8 Å². The number of benzene rings is 1. The molecule has 5 atom stereocenters. The lowest BCUT2D eigenvalue weighted by molar-refractivity contribution is 0.158. The summed E-state index contributed by atoms with van der Waals surface area (Å²) in [6.45, 7) is 4.50. The lowest BCUT2D eigenvalue weighted by Crippen LogP contribution is -2.59. The van der Waals surface area contributed by atoms with Crippen molar-refractivity contribution in [1.82, 2.24) is 32.1 Å². The maximum Gasteiger partial charge on any atom is 0.408 e. The molecule has 1 aromatic rings. The minimum absolute atomic E-state index is 0.116. The molecule has 0 aliphatic carbocycles. The number of ether oxygens (including phenoxy) is 1. The normalized spacial score (nSPS) is 27.4. The Morgan fingerprint density at radius 3 is 2.79 bits per heavy atom. The van der Waals surface area contributed by atoms with Gasteiger partial charge in [-0.15, -0.1) is 0 Å². The maximum atomic E-state index is 12.4. The first kappa shape index (κ1) is 20.7. The number of fused-ring (bicyclic) bond motifs is 1. The molecule has 6 N–H and O–H groups in total. The summed E-state index contributed by atoms with van der Waals surface area (Å²) in [7, 11) is 1.33. The highest BCUT2D eigenvalue weighted by Crippen LogP contribution is 2.22. The number of nitrogens with one attached hydrogen (secondary N) is 6. The minimum Gasteiger partial charge on any atom is -0.453 e. The fourth-order valence-electron chi connectivity index (χ4n) is 3.61. The molecule has 154 valence electrons. The molecule has 3 rings (SSSR count). The summed E-state index contributed by atoms with van der Waals surface area (Å²) >= 11 is 6.06. The Kier molecular flexibility index (Phi) is 6.61. The van der Waals surface area contributed by atoms with Crippen LogP contribution in [0.3, 0.4) is 0 Å². The van der Waals surface area contributed by atoms with Gasteiger partial charge >= 0.3 is 12.1 Å². The number of halogens is 1. The van der Waals surface area contributed by atoms with Gasteiger partial charge in [0.2, 0.25) is 0 Å². The van der Waals surface area contributed by atoms with Gasteiger partial charge in [0.15, 0.2) is 0 Å². The molecular weight excluding hydrogens is 384 g/mol. The molecule has 4 unspecified atom stereocenters. The first-order valence-corrected chi connectivity index (χ1v) is 9.67. The summed E-state index contributed by atoms with van der Waals surface area (Å²) in [5, 5.41) is 12.7. The second-order valence-corrected chi connectivity index (χ2v) is 7.62. The van der Waals surface area contributed by atoms with Gasteiger partial charge in [-0.3, -0.25) is 10.7 Å². The van der Waals surface area contributed by atoms with E-state index in [0.717, 1.165) is 11.1 Å². The second kappa shape index (κ2) is 8.95. The third kappa shape index (κ3) is 4.85. The fraction of sp³-hybridized carbons (Fsp3) is 0.556. The van der Waals surface area contributed by atoms with Gasteiger partial charge in [0.1, 0.15) is 6.17 Å². The van der Waals surface area contributed by atoms with Crippen molar-refractivity contribution in [3.63, 3.8) is 0 Å². The fourth-order valence-corrected chi connectivity index (χ4v) is 3.73. The Morgan fingerprint density at radius 2 is 2.07 bits per heavy atom. The number of carbonyl (C=O) groups excluding carboxylic acids is 2. The maximum absolute atomic E-state index is 12.4. The Bertz CT molecular complexity index is 733. The van der Waals surface area contributed by atoms with E-state index in [1.807, 2.05) is 32.0 Å². The Morgan fingerprint density at radius 1 is 1.29 bits per heavy atom. The number of aryl methyl sites for hydroxylation is 1. The number of amides is 3. The first-order valence-electron chi connectivity index (χ1n) is 9.29. The van der Waals surface area contributed by atoms with Gasteiger partial charge in [-0.05, 0) is 37.5 Å². The number of methoxy groups -OCH3 is 1. The van der Waals surface area contributed by atoms with Crippen molar-refractivity contribution in [2.45, 2.75) is 44.7 Å². The molecule has 2 heterocycles. The number of carbonyl (C=O) groups is 2. The standard InChI is InChI=1S/C18H27ClN6O3/c1-9-6-11(4-5-13(9)19)10(2)21-17(26)22-15-7-14-12(8-20-15)16(25-24-14)23-18(27)28-3/h4-6,10,12,14-16,20,24-25H,7-8H2,1-3H3,(H,23,27)(H2,21,22,26)/t10-,12?,14?,15?,16?/m1/s1. The average Bonchev–Trinajstić information content (AvgIpc) is 3.05. The van der Waals surface area contributed by atoms with E-state index in [-0.39, 0.29) is 36.4 Å². The van der Waals surface area contributed by atoms with Crippen molar-refractivity contribution in [3.8, 4) is 0 Å². The van der Waals surface area contributed by atoms with Crippen molar-refractivity contribution in [1.29, 1.82) is 0 Å². The van der Waals surface area contributed by atoms with Crippen LogP contribution in [0.25, 0.3) is 0 Å². The molecule has 2 aliphatic heterocycles. The van der Waals surface area contributed by atoms with Crippen molar-refractivity contribution in [3.05, 3.63) is 34.3 Å². The molecule has 10 heteroatoms. The lowest BCUT2D eigenvalue weighted by Gasteiger charge is -2.34. The summed E-state index contributed by atoms with van der Waals surface area (Å²) in [4.78, 5) is 23.8. The van der Waals surface area contributed by atoms with E-state index in [4.69, 9.17) is 11.6 Å². The zero-order valence-electron chi connectivity index (χ0n) is 16.1. The van der Waals surface area contributed by atoms with E-state index >= 15 is 0 Å². The molecule has 0 radical (unpaired) electrons. The number of alkyl carbamates (subject to hydrolysis) is 1. The van der Waals surface area contributed by atoms with E-state index < -0.39 is 6.09 Å². The third-order valence-corrected chi connectivity index (χ3v) is 5.68. The predicted molar refractivity (Wildman–Crippen MR) is 106 cm³/mol. The molecule has 2 aliphatic rings. The molecule has 0 bridgehead atoms. The third-order valence-electron chi connectivity index (χ3n) is 5.25. The Balaban J connectivity index is 1.48. The van der Waals surface area contributed by atoms with E-state index in [1.54, 1.807) is 0 Å². The van der Waals surface area contributed by atoms with Gasteiger partial charge in [-0.25, -0.2) is 15.0 Å². The van der Waals surface area contributed by atoms with Crippen LogP contribution in [0.4, 0.5) is 9.59 Å². The van der Waals surface area contributed by atoms with Crippen LogP contribution in [0.1, 0.15) is 30.5 Å². The monoisotopic (exact) mass is 410 g/mol. The van der Waals surface area contributed by atoms with Crippen LogP contribution < -0.4 is 32.1 Å². The van der Waals surface area contributed by atoms with Crippen LogP contribution in [0.2, 0.25) is 5.02 Å². The van der Waals surface area contributed by atoms with Crippen molar-refractivity contribution < 1.29 is 14.3 Å². The summed E-state index contributed by atoms with van der Waals surface area (Å²) < 4.78 is 4.64. The summed E-state index contributed by atoms with van der Waals surface area (Å²) in [6, 6.07) is 5.44. The van der Waals surface area contributed by atoms with Gasteiger partial charge in [0.25, 0.3) is 0 Å². The van der Waals surface area contributed by atoms with Crippen LogP contribution in [-0.4, -0.2) is 44.2 Å². The van der Waals surface area contributed by atoms with Crippen LogP contribution in [0.5, 0.6) is 0 Å². The number of hydrogen-bond donors (Lipinski definition) is 6. The molecule has 9 nitrogen and oxygen atoms in total. The molecule has 2 saturated heterocycles. The highest BCUT2D eigenvalue weighted by molar-refractivity contribution is 6.31. The lowest BCUT2D eigenvalue weighted by atomic mass is 9.91. The van der Waals surface area contributed by atoms with Gasteiger partial charge in [-0.2, -0.15) is 0 Å². The zero-order valence-corrected chi connectivity index (χ0v) is 16.9. The van der Waals surface area contributed by atoms with Crippen molar-refractivity contribution in [2.75, 3.05) is 13.7 Å². The van der Waals surface area contributed by atoms with E-state index in [9.17, 15) is 9.59 Å². The number of piperidine rings is 1. The van der Waals surface area contributed by atoms with Gasteiger partial charge in [0, 0.05) is 23.5 Å². The molecule has 2 fully saturated rings. The largest absolute Gasteiger partial charge is 0.453 e. The number of urea groups is 1. The Labute approximate surface area is 169 Å². The highest BCUT2D eigenvalue weighted by Gasteiger charge is 2.41. The van der Waals surface area contributed by atoms with E-state index in [1.165, 1.54) is 7.11 Å². The number of rotatable bonds is 4. The number of hydrazine groups is 1. The van der Waals surface area contributed by atoms with Crippen molar-refractivity contribution in [2.24, 2.45) is 5.92 Å².